The highest BCUT2D eigenvalue weighted by Gasteiger charge is 2.40. The number of nitrogens with zero attached hydrogens (tertiary/aromatic N) is 1. The van der Waals surface area contributed by atoms with E-state index in [0.717, 1.165) is 4.31 Å². The lowest BCUT2D eigenvalue weighted by Crippen LogP contribution is -2.41. The number of nitrogens with one attached hydrogen (secondary N) is 2. The second kappa shape index (κ2) is 8.50. The van der Waals surface area contributed by atoms with Crippen LogP contribution in [-0.4, -0.2) is 49.5 Å². The maximum Gasteiger partial charge on any atom is 0.324 e. The number of hydrogen-bond acceptors (Lipinski definition) is 6. The van der Waals surface area contributed by atoms with Crippen LogP contribution in [-0.2, 0) is 19.6 Å². The third-order valence-corrected chi connectivity index (χ3v) is 6.44. The van der Waals surface area contributed by atoms with Gasteiger partial charge in [0.25, 0.3) is 0 Å². The predicted molar refractivity (Wildman–Crippen MR) is 106 cm³/mol. The standard InChI is InChI=1S/C19H21N3O6S/c1-28-18(24)17-3-2-12-22(17)29(26,27)16-10-6-14(7-11-16)21-19(25)20-13-4-8-15(23)9-5-13/h4-11,17,23H,2-3,12H2,1H3,(H2,20,21,25)/t17-/m0/s1. The molecular weight excluding hydrogens is 398 g/mol. The van der Waals surface area contributed by atoms with Crippen molar-refractivity contribution in [2.45, 2.75) is 23.8 Å². The molecule has 1 saturated heterocycles. The molecule has 3 N–H and O–H groups in total. The fourth-order valence-corrected chi connectivity index (χ4v) is 4.73. The highest BCUT2D eigenvalue weighted by atomic mass is 32.2. The van der Waals surface area contributed by atoms with Gasteiger partial charge < -0.3 is 20.5 Å². The van der Waals surface area contributed by atoms with E-state index in [1.165, 1.54) is 43.5 Å². The Labute approximate surface area is 168 Å². The lowest BCUT2D eigenvalue weighted by atomic mass is 10.2. The van der Waals surface area contributed by atoms with Crippen molar-refractivity contribution < 1.29 is 27.9 Å². The van der Waals surface area contributed by atoms with Crippen LogP contribution in [0.3, 0.4) is 0 Å². The van der Waals surface area contributed by atoms with E-state index < -0.39 is 28.1 Å². The number of aromatic hydroxyl groups is 1. The van der Waals surface area contributed by atoms with Crippen molar-refractivity contribution in [3.8, 4) is 5.75 Å². The number of esters is 1. The third kappa shape index (κ3) is 4.66. The molecule has 1 aliphatic heterocycles. The minimum absolute atomic E-state index is 0.0257. The molecule has 29 heavy (non-hydrogen) atoms. The predicted octanol–water partition coefficient (Wildman–Crippen LogP) is 2.36. The highest BCUT2D eigenvalue weighted by molar-refractivity contribution is 7.89. The van der Waals surface area contributed by atoms with E-state index in [1.54, 1.807) is 12.1 Å². The summed E-state index contributed by atoms with van der Waals surface area (Å²) in [6.45, 7) is 0.247. The van der Waals surface area contributed by atoms with Crippen LogP contribution in [0.2, 0.25) is 0 Å². The minimum Gasteiger partial charge on any atom is -0.508 e. The lowest BCUT2D eigenvalue weighted by molar-refractivity contribution is -0.144. The number of urea groups is 1. The number of ether oxygens (including phenoxy) is 1. The quantitative estimate of drug-likeness (QED) is 0.505. The Hall–Kier alpha value is -3.11. The van der Waals surface area contributed by atoms with E-state index in [9.17, 15) is 23.1 Å². The smallest absolute Gasteiger partial charge is 0.324 e. The van der Waals surface area contributed by atoms with Gasteiger partial charge in [-0.15, -0.1) is 0 Å². The van der Waals surface area contributed by atoms with Crippen molar-refractivity contribution in [2.24, 2.45) is 0 Å². The molecular formula is C19H21N3O6S. The van der Waals surface area contributed by atoms with E-state index >= 15 is 0 Å². The summed E-state index contributed by atoms with van der Waals surface area (Å²) in [5, 5.41) is 14.4. The Morgan fingerprint density at radius 1 is 1.03 bits per heavy atom. The van der Waals surface area contributed by atoms with Crippen LogP contribution in [0.25, 0.3) is 0 Å². The first-order valence-electron chi connectivity index (χ1n) is 8.88. The molecule has 1 fully saturated rings. The number of rotatable bonds is 5. The van der Waals surface area contributed by atoms with E-state index in [0.29, 0.717) is 24.2 Å². The van der Waals surface area contributed by atoms with E-state index in [-0.39, 0.29) is 17.2 Å². The first-order chi connectivity index (χ1) is 13.8. The lowest BCUT2D eigenvalue weighted by Gasteiger charge is -2.22. The third-order valence-electron chi connectivity index (χ3n) is 4.52. The highest BCUT2D eigenvalue weighted by Crippen LogP contribution is 2.27. The number of phenolic OH excluding ortho intramolecular Hbond substituents is 1. The molecule has 1 aliphatic rings. The van der Waals surface area contributed by atoms with Gasteiger partial charge in [0.2, 0.25) is 10.0 Å². The zero-order valence-electron chi connectivity index (χ0n) is 15.7. The zero-order chi connectivity index (χ0) is 21.0. The van der Waals surface area contributed by atoms with Gasteiger partial charge in [-0.05, 0) is 61.4 Å². The molecule has 0 aliphatic carbocycles. The molecule has 0 spiro atoms. The van der Waals surface area contributed by atoms with Crippen LogP contribution in [0, 0.1) is 0 Å². The molecule has 3 rings (SSSR count). The van der Waals surface area contributed by atoms with Crippen molar-refractivity contribution >= 4 is 33.4 Å². The van der Waals surface area contributed by atoms with E-state index in [1.807, 2.05) is 0 Å². The Balaban J connectivity index is 1.68. The van der Waals surface area contributed by atoms with Gasteiger partial charge in [0, 0.05) is 17.9 Å². The van der Waals surface area contributed by atoms with Gasteiger partial charge >= 0.3 is 12.0 Å². The fraction of sp³-hybridized carbons (Fsp3) is 0.263. The van der Waals surface area contributed by atoms with Crippen LogP contribution in [0.1, 0.15) is 12.8 Å². The fourth-order valence-electron chi connectivity index (χ4n) is 3.08. The SMILES string of the molecule is COC(=O)[C@@H]1CCCN1S(=O)(=O)c1ccc(NC(=O)Nc2ccc(O)cc2)cc1. The van der Waals surface area contributed by atoms with Gasteiger partial charge in [-0.2, -0.15) is 4.31 Å². The maximum atomic E-state index is 12.9. The van der Waals surface area contributed by atoms with Gasteiger partial charge in [-0.3, -0.25) is 4.79 Å². The van der Waals surface area contributed by atoms with E-state index in [4.69, 9.17) is 4.74 Å². The summed E-state index contributed by atoms with van der Waals surface area (Å²) < 4.78 is 31.6. The minimum atomic E-state index is -3.86. The van der Waals surface area contributed by atoms with Crippen molar-refractivity contribution in [1.29, 1.82) is 0 Å². The first-order valence-corrected chi connectivity index (χ1v) is 10.3. The second-order valence-corrected chi connectivity index (χ2v) is 8.34. The number of anilines is 2. The molecule has 9 nitrogen and oxygen atoms in total. The molecule has 0 aromatic heterocycles. The summed E-state index contributed by atoms with van der Waals surface area (Å²) in [7, 11) is -2.63. The van der Waals surface area contributed by atoms with Gasteiger partial charge in [0.05, 0.1) is 12.0 Å². The number of sulfonamides is 1. The van der Waals surface area contributed by atoms with Crippen LogP contribution < -0.4 is 10.6 Å². The summed E-state index contributed by atoms with van der Waals surface area (Å²) in [4.78, 5) is 23.9. The number of amides is 2. The summed E-state index contributed by atoms with van der Waals surface area (Å²) in [6, 6.07) is 10.3. The number of hydrogen-bond donors (Lipinski definition) is 3. The van der Waals surface area contributed by atoms with Crippen molar-refractivity contribution in [2.75, 3.05) is 24.3 Å². The van der Waals surface area contributed by atoms with Crippen LogP contribution >= 0.6 is 0 Å². The Morgan fingerprint density at radius 2 is 1.59 bits per heavy atom. The summed E-state index contributed by atoms with van der Waals surface area (Å²) in [5.74, 6) is -0.490. The summed E-state index contributed by atoms with van der Waals surface area (Å²) >= 11 is 0. The summed E-state index contributed by atoms with van der Waals surface area (Å²) in [6.07, 6.45) is 0.999. The molecule has 0 radical (unpaired) electrons. The largest absolute Gasteiger partial charge is 0.508 e. The van der Waals surface area contributed by atoms with Crippen LogP contribution in [0.5, 0.6) is 5.75 Å². The average molecular weight is 419 g/mol. The Morgan fingerprint density at radius 3 is 2.14 bits per heavy atom. The molecule has 154 valence electrons. The average Bonchev–Trinajstić information content (AvgIpc) is 3.20. The molecule has 0 bridgehead atoms. The topological polar surface area (TPSA) is 125 Å². The zero-order valence-corrected chi connectivity index (χ0v) is 16.5. The normalized spacial score (nSPS) is 16.9. The van der Waals surface area contributed by atoms with Crippen molar-refractivity contribution in [3.63, 3.8) is 0 Å². The number of benzene rings is 2. The van der Waals surface area contributed by atoms with Crippen LogP contribution in [0.4, 0.5) is 16.2 Å². The van der Waals surface area contributed by atoms with Gasteiger partial charge in [0.15, 0.2) is 0 Å². The number of carbonyl (C=O) groups excluding carboxylic acids is 2. The van der Waals surface area contributed by atoms with Crippen molar-refractivity contribution in [1.82, 2.24) is 4.31 Å². The molecule has 1 atom stereocenters. The van der Waals surface area contributed by atoms with Gasteiger partial charge in [0.1, 0.15) is 11.8 Å². The molecule has 2 amide bonds. The molecule has 1 heterocycles. The number of phenols is 1. The monoisotopic (exact) mass is 419 g/mol. The Kier molecular flexibility index (Phi) is 6.04. The van der Waals surface area contributed by atoms with Crippen LogP contribution in [0.15, 0.2) is 53.4 Å². The second-order valence-electron chi connectivity index (χ2n) is 6.45. The van der Waals surface area contributed by atoms with E-state index in [2.05, 4.69) is 10.6 Å². The van der Waals surface area contributed by atoms with Gasteiger partial charge in [-0.25, -0.2) is 13.2 Å². The molecule has 0 saturated carbocycles. The number of carbonyl (C=O) groups is 2. The first kappa shape index (κ1) is 20.6. The summed E-state index contributed by atoms with van der Waals surface area (Å²) in [5.41, 5.74) is 0.883. The number of methoxy groups -OCH3 is 1. The van der Waals surface area contributed by atoms with Gasteiger partial charge in [-0.1, -0.05) is 0 Å². The molecule has 2 aromatic rings. The molecule has 10 heteroatoms. The van der Waals surface area contributed by atoms with Crippen molar-refractivity contribution in [3.05, 3.63) is 48.5 Å². The molecule has 0 unspecified atom stereocenters. The maximum absolute atomic E-state index is 12.9. The Bertz CT molecular complexity index is 990. The molecule has 2 aromatic carbocycles.